The number of amides is 1. The van der Waals surface area contributed by atoms with Crippen LogP contribution >= 0.6 is 11.8 Å². The van der Waals surface area contributed by atoms with E-state index in [2.05, 4.69) is 64.2 Å². The summed E-state index contributed by atoms with van der Waals surface area (Å²) in [6.45, 7) is 10.6. The molecule has 0 spiro atoms. The number of hydrogen-bond donors (Lipinski definition) is 1. The Hall–Kier alpha value is -0.960. The van der Waals surface area contributed by atoms with Crippen molar-refractivity contribution < 1.29 is 4.79 Å². The Balaban J connectivity index is 2.57. The zero-order valence-electron chi connectivity index (χ0n) is 12.6. The lowest BCUT2D eigenvalue weighted by Crippen LogP contribution is -2.30. The quantitative estimate of drug-likeness (QED) is 0.879. The van der Waals surface area contributed by atoms with Gasteiger partial charge in [-0.25, -0.2) is 0 Å². The van der Waals surface area contributed by atoms with E-state index in [0.717, 1.165) is 6.42 Å². The smallest absolute Gasteiger partial charge is 0.230 e. The first-order chi connectivity index (χ1) is 8.81. The van der Waals surface area contributed by atoms with Crippen LogP contribution in [-0.4, -0.2) is 16.4 Å². The first kappa shape index (κ1) is 16.1. The van der Waals surface area contributed by atoms with Crippen LogP contribution in [0.5, 0.6) is 0 Å². The molecule has 0 saturated carbocycles. The van der Waals surface area contributed by atoms with E-state index in [0.29, 0.717) is 5.75 Å². The standard InChI is InChI=1S/C16H25NOS/c1-6-14(13-9-7-12(2)8-10-13)17-15(18)11-19-16(3,4)5/h7-10,14H,6,11H2,1-5H3,(H,17,18). The minimum absolute atomic E-state index is 0.118. The van der Waals surface area contributed by atoms with Gasteiger partial charge in [-0.15, -0.1) is 11.8 Å². The predicted octanol–water partition coefficient (Wildman–Crippen LogP) is 4.09. The molecule has 0 aliphatic heterocycles. The fraction of sp³-hybridized carbons (Fsp3) is 0.562. The summed E-state index contributed by atoms with van der Waals surface area (Å²) in [5, 5.41) is 3.12. The van der Waals surface area contributed by atoms with E-state index < -0.39 is 0 Å². The lowest BCUT2D eigenvalue weighted by atomic mass is 10.0. The molecule has 1 unspecified atom stereocenters. The Morgan fingerprint density at radius 2 is 1.84 bits per heavy atom. The number of nitrogens with one attached hydrogen (secondary N) is 1. The van der Waals surface area contributed by atoms with Crippen molar-refractivity contribution in [3.63, 3.8) is 0 Å². The maximum Gasteiger partial charge on any atom is 0.230 e. The summed E-state index contributed by atoms with van der Waals surface area (Å²) in [6, 6.07) is 8.50. The molecular formula is C16H25NOS. The van der Waals surface area contributed by atoms with Crippen LogP contribution in [0.2, 0.25) is 0 Å². The van der Waals surface area contributed by atoms with Crippen molar-refractivity contribution in [3.8, 4) is 0 Å². The van der Waals surface area contributed by atoms with E-state index in [4.69, 9.17) is 0 Å². The van der Waals surface area contributed by atoms with Crippen LogP contribution in [0.15, 0.2) is 24.3 Å². The Morgan fingerprint density at radius 3 is 2.32 bits per heavy atom. The largest absolute Gasteiger partial charge is 0.349 e. The Bertz CT molecular complexity index is 406. The summed E-state index contributed by atoms with van der Waals surface area (Å²) in [6.07, 6.45) is 0.912. The molecule has 0 heterocycles. The van der Waals surface area contributed by atoms with Gasteiger partial charge in [0.1, 0.15) is 0 Å². The maximum absolute atomic E-state index is 12.0. The van der Waals surface area contributed by atoms with Gasteiger partial charge < -0.3 is 5.32 Å². The third-order valence-electron chi connectivity index (χ3n) is 2.86. The third kappa shape index (κ3) is 6.15. The summed E-state index contributed by atoms with van der Waals surface area (Å²) < 4.78 is 0.128. The molecule has 2 nitrogen and oxygen atoms in total. The molecule has 1 atom stereocenters. The highest BCUT2D eigenvalue weighted by Gasteiger charge is 2.16. The molecule has 1 rings (SSSR count). The molecule has 0 fully saturated rings. The molecule has 0 aromatic heterocycles. The van der Waals surface area contributed by atoms with Crippen LogP contribution in [0.4, 0.5) is 0 Å². The number of hydrogen-bond acceptors (Lipinski definition) is 2. The molecule has 1 N–H and O–H groups in total. The van der Waals surface area contributed by atoms with Crippen LogP contribution in [0.1, 0.15) is 51.3 Å². The Morgan fingerprint density at radius 1 is 1.26 bits per heavy atom. The van der Waals surface area contributed by atoms with Crippen molar-refractivity contribution in [2.24, 2.45) is 0 Å². The lowest BCUT2D eigenvalue weighted by Gasteiger charge is -2.20. The van der Waals surface area contributed by atoms with E-state index in [9.17, 15) is 4.79 Å². The van der Waals surface area contributed by atoms with Crippen LogP contribution < -0.4 is 5.32 Å². The summed E-state index contributed by atoms with van der Waals surface area (Å²) in [7, 11) is 0. The number of thioether (sulfide) groups is 1. The number of carbonyl (C=O) groups is 1. The molecule has 19 heavy (non-hydrogen) atoms. The number of carbonyl (C=O) groups excluding carboxylic acids is 1. The summed E-state index contributed by atoms with van der Waals surface area (Å²) in [5.74, 6) is 0.638. The summed E-state index contributed by atoms with van der Waals surface area (Å²) in [4.78, 5) is 12.0. The van der Waals surface area contributed by atoms with E-state index in [1.54, 1.807) is 11.8 Å². The number of benzene rings is 1. The van der Waals surface area contributed by atoms with Crippen LogP contribution in [-0.2, 0) is 4.79 Å². The van der Waals surface area contributed by atoms with E-state index >= 15 is 0 Å². The highest BCUT2D eigenvalue weighted by Crippen LogP contribution is 2.23. The first-order valence-electron chi connectivity index (χ1n) is 6.81. The molecule has 0 radical (unpaired) electrons. The summed E-state index contributed by atoms with van der Waals surface area (Å²) >= 11 is 1.68. The van der Waals surface area contributed by atoms with Gasteiger partial charge >= 0.3 is 0 Å². The SMILES string of the molecule is CCC(NC(=O)CSC(C)(C)C)c1ccc(C)cc1. The van der Waals surface area contributed by atoms with Crippen molar-refractivity contribution in [2.75, 3.05) is 5.75 Å². The highest BCUT2D eigenvalue weighted by molar-refractivity contribution is 8.01. The van der Waals surface area contributed by atoms with Gasteiger partial charge in [0.05, 0.1) is 11.8 Å². The second kappa shape index (κ2) is 6.99. The molecule has 0 bridgehead atoms. The van der Waals surface area contributed by atoms with Gasteiger partial charge in [-0.2, -0.15) is 0 Å². The van der Waals surface area contributed by atoms with E-state index in [1.807, 2.05) is 0 Å². The third-order valence-corrected chi connectivity index (χ3v) is 4.13. The monoisotopic (exact) mass is 279 g/mol. The van der Waals surface area contributed by atoms with Crippen molar-refractivity contribution in [1.29, 1.82) is 0 Å². The van der Waals surface area contributed by atoms with Crippen LogP contribution in [0.25, 0.3) is 0 Å². The van der Waals surface area contributed by atoms with Crippen molar-refractivity contribution in [1.82, 2.24) is 5.32 Å². The summed E-state index contributed by atoms with van der Waals surface area (Å²) in [5.41, 5.74) is 2.43. The number of aryl methyl sites for hydroxylation is 1. The van der Waals surface area contributed by atoms with Gasteiger partial charge in [0.25, 0.3) is 0 Å². The van der Waals surface area contributed by atoms with Gasteiger partial charge in [-0.1, -0.05) is 57.5 Å². The van der Waals surface area contributed by atoms with E-state index in [1.165, 1.54) is 11.1 Å². The number of rotatable bonds is 5. The highest BCUT2D eigenvalue weighted by atomic mass is 32.2. The van der Waals surface area contributed by atoms with Crippen molar-refractivity contribution in [3.05, 3.63) is 35.4 Å². The van der Waals surface area contributed by atoms with Crippen molar-refractivity contribution in [2.45, 2.75) is 51.8 Å². The molecule has 1 amide bonds. The molecule has 106 valence electrons. The second-order valence-corrected chi connectivity index (χ2v) is 7.64. The van der Waals surface area contributed by atoms with E-state index in [-0.39, 0.29) is 16.7 Å². The molecule has 1 aromatic carbocycles. The molecule has 0 aliphatic rings. The first-order valence-corrected chi connectivity index (χ1v) is 7.80. The Kier molecular flexibility index (Phi) is 5.92. The zero-order chi connectivity index (χ0) is 14.5. The predicted molar refractivity (Wildman–Crippen MR) is 84.6 cm³/mol. The fourth-order valence-corrected chi connectivity index (χ4v) is 2.39. The lowest BCUT2D eigenvalue weighted by molar-refractivity contribution is -0.119. The average molecular weight is 279 g/mol. The van der Waals surface area contributed by atoms with Crippen molar-refractivity contribution >= 4 is 17.7 Å². The van der Waals surface area contributed by atoms with Gasteiger partial charge in [0.2, 0.25) is 5.91 Å². The average Bonchev–Trinajstić information content (AvgIpc) is 2.34. The van der Waals surface area contributed by atoms with Crippen LogP contribution in [0, 0.1) is 6.92 Å². The molecule has 0 saturated heterocycles. The maximum atomic E-state index is 12.0. The van der Waals surface area contributed by atoms with Gasteiger partial charge in [-0.05, 0) is 18.9 Å². The van der Waals surface area contributed by atoms with Crippen LogP contribution in [0.3, 0.4) is 0 Å². The normalized spacial score (nSPS) is 13.1. The molecular weight excluding hydrogens is 254 g/mol. The van der Waals surface area contributed by atoms with Gasteiger partial charge in [-0.3, -0.25) is 4.79 Å². The fourth-order valence-electron chi connectivity index (χ4n) is 1.74. The minimum atomic E-state index is 0.118. The zero-order valence-corrected chi connectivity index (χ0v) is 13.4. The van der Waals surface area contributed by atoms with Gasteiger partial charge in [0.15, 0.2) is 0 Å². The topological polar surface area (TPSA) is 29.1 Å². The minimum Gasteiger partial charge on any atom is -0.349 e. The Labute approximate surface area is 121 Å². The van der Waals surface area contributed by atoms with Gasteiger partial charge in [0, 0.05) is 4.75 Å². The molecule has 1 aromatic rings. The second-order valence-electron chi connectivity index (χ2n) is 5.84. The molecule has 3 heteroatoms. The molecule has 0 aliphatic carbocycles.